The fourth-order valence-electron chi connectivity index (χ4n) is 5.31. The summed E-state index contributed by atoms with van der Waals surface area (Å²) in [6.07, 6.45) is 12.3. The highest BCUT2D eigenvalue weighted by Gasteiger charge is 2.32. The number of fused-ring (bicyclic) bond motifs is 5. The van der Waals surface area contributed by atoms with E-state index in [1.165, 1.54) is 30.2 Å². The lowest BCUT2D eigenvalue weighted by molar-refractivity contribution is -0.114. The topological polar surface area (TPSA) is 71.1 Å². The second-order valence-electron chi connectivity index (χ2n) is 9.37. The Labute approximate surface area is 214 Å². The van der Waals surface area contributed by atoms with Gasteiger partial charge >= 0.3 is 0 Å². The summed E-state index contributed by atoms with van der Waals surface area (Å²) in [5.41, 5.74) is 8.95. The first kappa shape index (κ1) is 22.9. The van der Waals surface area contributed by atoms with E-state index < -0.39 is 0 Å². The molecule has 2 aromatic carbocycles. The number of hydrogen-bond acceptors (Lipinski definition) is 4. The molecule has 182 valence electrons. The lowest BCUT2D eigenvalue weighted by Gasteiger charge is -2.29. The van der Waals surface area contributed by atoms with Gasteiger partial charge in [-0.05, 0) is 88.2 Å². The van der Waals surface area contributed by atoms with Crippen molar-refractivity contribution in [3.05, 3.63) is 124 Å². The van der Waals surface area contributed by atoms with E-state index in [2.05, 4.69) is 52.1 Å². The van der Waals surface area contributed by atoms with Crippen molar-refractivity contribution in [2.24, 2.45) is 0 Å². The molecule has 5 nitrogen and oxygen atoms in total. The number of carbonyl (C=O) groups excluding carboxylic acids is 2. The summed E-state index contributed by atoms with van der Waals surface area (Å²) < 4.78 is 13.6. The van der Waals surface area contributed by atoms with Crippen molar-refractivity contribution in [1.82, 2.24) is 4.98 Å². The molecule has 3 aliphatic carbocycles. The fraction of sp³-hybridized carbons (Fsp3) is 0.129. The van der Waals surface area contributed by atoms with Crippen LogP contribution >= 0.6 is 0 Å². The number of pyridine rings is 1. The molecule has 0 spiro atoms. The predicted octanol–water partition coefficient (Wildman–Crippen LogP) is 6.27. The van der Waals surface area contributed by atoms with E-state index in [1.807, 2.05) is 6.07 Å². The van der Waals surface area contributed by atoms with Crippen molar-refractivity contribution >= 4 is 34.3 Å². The molecule has 6 rings (SSSR count). The number of allylic oxidation sites excluding steroid dienone is 8. The second-order valence-corrected chi connectivity index (χ2v) is 9.37. The molecular formula is C31H24FN3O2. The van der Waals surface area contributed by atoms with E-state index in [4.69, 9.17) is 0 Å². The zero-order chi connectivity index (χ0) is 25.5. The van der Waals surface area contributed by atoms with Gasteiger partial charge in [0.1, 0.15) is 11.6 Å². The average molecular weight is 490 g/mol. The van der Waals surface area contributed by atoms with Crippen molar-refractivity contribution < 1.29 is 14.0 Å². The first-order valence-corrected chi connectivity index (χ1v) is 12.2. The number of anilines is 2. The van der Waals surface area contributed by atoms with E-state index >= 15 is 0 Å². The normalized spacial score (nSPS) is 15.8. The van der Waals surface area contributed by atoms with Crippen LogP contribution in [0.2, 0.25) is 0 Å². The van der Waals surface area contributed by atoms with Gasteiger partial charge in [0, 0.05) is 30.8 Å². The molecule has 1 amide bonds. The number of amides is 1. The number of halogens is 1. The minimum Gasteiger partial charge on any atom is -0.352 e. The Morgan fingerprint density at radius 1 is 1.05 bits per heavy atom. The number of rotatable bonds is 4. The Morgan fingerprint density at radius 2 is 1.89 bits per heavy atom. The summed E-state index contributed by atoms with van der Waals surface area (Å²) in [6, 6.07) is 13.7. The molecule has 2 N–H and O–H groups in total. The molecule has 0 atom stereocenters. The summed E-state index contributed by atoms with van der Waals surface area (Å²) in [4.78, 5) is 30.1. The third kappa shape index (κ3) is 4.20. The van der Waals surface area contributed by atoms with Crippen molar-refractivity contribution in [1.29, 1.82) is 0 Å². The molecule has 0 saturated heterocycles. The van der Waals surface area contributed by atoms with Gasteiger partial charge in [0.15, 0.2) is 0 Å². The molecule has 0 saturated carbocycles. The first-order chi connectivity index (χ1) is 18.0. The van der Waals surface area contributed by atoms with Crippen LogP contribution in [0.3, 0.4) is 0 Å². The summed E-state index contributed by atoms with van der Waals surface area (Å²) in [5, 5.41) is 6.00. The lowest BCUT2D eigenvalue weighted by Crippen LogP contribution is -2.24. The second kappa shape index (κ2) is 9.13. The van der Waals surface area contributed by atoms with E-state index in [-0.39, 0.29) is 17.5 Å². The van der Waals surface area contributed by atoms with Crippen LogP contribution in [-0.4, -0.2) is 16.7 Å². The quantitative estimate of drug-likeness (QED) is 0.453. The summed E-state index contributed by atoms with van der Waals surface area (Å²) in [5.74, 6) is -0.253. The summed E-state index contributed by atoms with van der Waals surface area (Å²) in [6.45, 7) is 1.43. The molecule has 3 aliphatic rings. The standard InChI is InChI=1S/C31H24FN3O2/c1-18(36)34-28-17-20(14-15-33-28)27-16-21-7-12-25-24-5-3-2-4-19(24)6-13-26(25)29(21)31(37)30(27)35-23-10-8-22(32)9-11-23/h2-3,5-12,14-15,17,35H,4,13,16H2,1H3,(H,33,34,36). The van der Waals surface area contributed by atoms with Crippen molar-refractivity contribution in [3.8, 4) is 0 Å². The maximum atomic E-state index is 14.2. The Balaban J connectivity index is 1.49. The van der Waals surface area contributed by atoms with E-state index in [1.54, 1.807) is 24.4 Å². The molecule has 0 unspecified atom stereocenters. The average Bonchev–Trinajstić information content (AvgIpc) is 2.90. The number of Topliss-reactive ketones (excluding diaryl/α,β-unsaturated/α-hetero) is 1. The van der Waals surface area contributed by atoms with Crippen molar-refractivity contribution in [2.75, 3.05) is 10.6 Å². The van der Waals surface area contributed by atoms with Crippen LogP contribution in [0.1, 0.15) is 46.0 Å². The molecule has 37 heavy (non-hydrogen) atoms. The Morgan fingerprint density at radius 3 is 2.70 bits per heavy atom. The number of hydrogen-bond donors (Lipinski definition) is 2. The minimum atomic E-state index is -0.347. The Hall–Kier alpha value is -4.58. The third-order valence-electron chi connectivity index (χ3n) is 6.97. The van der Waals surface area contributed by atoms with Gasteiger partial charge in [-0.2, -0.15) is 0 Å². The van der Waals surface area contributed by atoms with Crippen molar-refractivity contribution in [2.45, 2.75) is 26.2 Å². The molecule has 1 aromatic heterocycles. The number of ketones is 1. The Bertz CT molecular complexity index is 1590. The highest BCUT2D eigenvalue weighted by Crippen LogP contribution is 2.42. The van der Waals surface area contributed by atoms with Crippen LogP contribution < -0.4 is 10.6 Å². The van der Waals surface area contributed by atoms with Gasteiger partial charge < -0.3 is 10.6 Å². The van der Waals surface area contributed by atoms with Crippen LogP contribution in [0.4, 0.5) is 15.9 Å². The number of nitrogens with zero attached hydrogens (tertiary/aromatic N) is 1. The predicted molar refractivity (Wildman–Crippen MR) is 143 cm³/mol. The smallest absolute Gasteiger partial charge is 0.222 e. The summed E-state index contributed by atoms with van der Waals surface area (Å²) in [7, 11) is 0. The van der Waals surface area contributed by atoms with Gasteiger partial charge in [0.05, 0.1) is 5.70 Å². The molecule has 0 bridgehead atoms. The molecule has 0 fully saturated rings. The maximum absolute atomic E-state index is 14.2. The van der Waals surface area contributed by atoms with Crippen LogP contribution in [0, 0.1) is 5.82 Å². The van der Waals surface area contributed by atoms with E-state index in [0.29, 0.717) is 30.0 Å². The number of benzene rings is 2. The number of carbonyl (C=O) groups is 2. The molecule has 6 heteroatoms. The van der Waals surface area contributed by atoms with Gasteiger partial charge in [-0.15, -0.1) is 0 Å². The van der Waals surface area contributed by atoms with Crippen LogP contribution in [-0.2, 0) is 17.6 Å². The van der Waals surface area contributed by atoms with Crippen molar-refractivity contribution in [3.63, 3.8) is 0 Å². The van der Waals surface area contributed by atoms with E-state index in [0.717, 1.165) is 39.8 Å². The largest absolute Gasteiger partial charge is 0.352 e. The highest BCUT2D eigenvalue weighted by molar-refractivity contribution is 6.19. The zero-order valence-corrected chi connectivity index (χ0v) is 20.3. The van der Waals surface area contributed by atoms with Crippen LogP contribution in [0.15, 0.2) is 90.3 Å². The zero-order valence-electron chi connectivity index (χ0n) is 20.3. The maximum Gasteiger partial charge on any atom is 0.222 e. The SMILES string of the molecule is CC(=O)Nc1cc(C2=C(Nc3ccc(F)cc3)C(=O)c3c(ccc4c3CC=C3CC=CC=C34)C2)ccn1. The van der Waals surface area contributed by atoms with Gasteiger partial charge in [-0.25, -0.2) is 9.37 Å². The van der Waals surface area contributed by atoms with Gasteiger partial charge in [0.2, 0.25) is 11.7 Å². The fourth-order valence-corrected chi connectivity index (χ4v) is 5.31. The first-order valence-electron chi connectivity index (χ1n) is 12.2. The monoisotopic (exact) mass is 489 g/mol. The number of nitrogens with one attached hydrogen (secondary N) is 2. The highest BCUT2D eigenvalue weighted by atomic mass is 19.1. The molecule has 0 radical (unpaired) electrons. The minimum absolute atomic E-state index is 0.0980. The molecule has 0 aliphatic heterocycles. The summed E-state index contributed by atoms with van der Waals surface area (Å²) >= 11 is 0. The van der Waals surface area contributed by atoms with Gasteiger partial charge in [-0.1, -0.05) is 36.4 Å². The van der Waals surface area contributed by atoms with E-state index in [9.17, 15) is 14.0 Å². The lowest BCUT2D eigenvalue weighted by atomic mass is 9.76. The van der Waals surface area contributed by atoms with Crippen LogP contribution in [0.25, 0.3) is 11.1 Å². The molecular weight excluding hydrogens is 465 g/mol. The molecule has 1 heterocycles. The van der Waals surface area contributed by atoms with Gasteiger partial charge in [0.25, 0.3) is 0 Å². The third-order valence-corrected chi connectivity index (χ3v) is 6.97. The Kier molecular flexibility index (Phi) is 5.64. The number of aromatic nitrogens is 1. The van der Waals surface area contributed by atoms with Gasteiger partial charge in [-0.3, -0.25) is 9.59 Å². The van der Waals surface area contributed by atoms with Crippen LogP contribution in [0.5, 0.6) is 0 Å². The molecule has 3 aromatic rings.